The number of allylic oxidation sites excluding steroid dienone is 3. The number of carbonyl (C=O) groups is 2. The summed E-state index contributed by atoms with van der Waals surface area (Å²) in [5, 5.41) is 0. The van der Waals surface area contributed by atoms with Gasteiger partial charge in [-0.1, -0.05) is 36.4 Å². The van der Waals surface area contributed by atoms with Crippen molar-refractivity contribution >= 4 is 29.8 Å². The van der Waals surface area contributed by atoms with E-state index in [1.54, 1.807) is 25.3 Å². The Bertz CT molecular complexity index is 1120. The fraction of sp³-hybridized carbons (Fsp3) is 0.310. The molecule has 2 aromatic rings. The second-order valence-corrected chi connectivity index (χ2v) is 8.53. The first-order valence-corrected chi connectivity index (χ1v) is 11.7. The summed E-state index contributed by atoms with van der Waals surface area (Å²) in [6.45, 7) is 1.30. The van der Waals surface area contributed by atoms with Gasteiger partial charge in [0.05, 0.1) is 19.6 Å². The average molecular weight is 459 g/mol. The van der Waals surface area contributed by atoms with Gasteiger partial charge in [0.2, 0.25) is 0 Å². The molecule has 1 fully saturated rings. The van der Waals surface area contributed by atoms with Gasteiger partial charge in [-0.25, -0.2) is 0 Å². The maximum atomic E-state index is 12.3. The van der Waals surface area contributed by atoms with E-state index < -0.39 is 0 Å². The normalized spacial score (nSPS) is 17.3. The molecule has 0 N–H and O–H groups in total. The van der Waals surface area contributed by atoms with Crippen molar-refractivity contribution < 1.29 is 23.8 Å². The molecule has 0 radical (unpaired) electrons. The van der Waals surface area contributed by atoms with E-state index in [4.69, 9.17) is 14.2 Å². The summed E-state index contributed by atoms with van der Waals surface area (Å²) >= 11 is 0. The zero-order valence-electron chi connectivity index (χ0n) is 19.5. The van der Waals surface area contributed by atoms with Crippen LogP contribution in [0.25, 0.3) is 18.2 Å². The summed E-state index contributed by atoms with van der Waals surface area (Å²) in [4.78, 5) is 24.6. The van der Waals surface area contributed by atoms with Gasteiger partial charge in [0.1, 0.15) is 18.1 Å². The number of rotatable bonds is 10. The summed E-state index contributed by atoms with van der Waals surface area (Å²) in [5.41, 5.74) is 4.23. The van der Waals surface area contributed by atoms with Gasteiger partial charge in [-0.15, -0.1) is 0 Å². The van der Waals surface area contributed by atoms with Crippen molar-refractivity contribution in [3.8, 4) is 11.5 Å². The monoisotopic (exact) mass is 458 g/mol. The average Bonchev–Trinajstić information content (AvgIpc) is 3.39. The van der Waals surface area contributed by atoms with E-state index in [1.807, 2.05) is 18.2 Å². The highest BCUT2D eigenvalue weighted by Gasteiger charge is 2.16. The number of hydrogen-bond acceptors (Lipinski definition) is 5. The Morgan fingerprint density at radius 3 is 2.74 bits per heavy atom. The van der Waals surface area contributed by atoms with E-state index in [-0.39, 0.29) is 24.1 Å². The zero-order valence-corrected chi connectivity index (χ0v) is 19.5. The molecular weight excluding hydrogens is 428 g/mol. The number of ketones is 2. The van der Waals surface area contributed by atoms with Crippen LogP contribution in [-0.4, -0.2) is 38.0 Å². The SMILES string of the molecule is COc1cc(OCC2CCCO2)ccc1/C=C/C(=O)CC(=O)/C=C/c1ccc2c(c1)CCC=C2. The molecule has 176 valence electrons. The fourth-order valence-electron chi connectivity index (χ4n) is 4.10. The minimum atomic E-state index is -0.258. The molecule has 5 nitrogen and oxygen atoms in total. The third kappa shape index (κ3) is 6.55. The van der Waals surface area contributed by atoms with Crippen LogP contribution in [0.4, 0.5) is 0 Å². The molecule has 2 aromatic carbocycles. The second-order valence-electron chi connectivity index (χ2n) is 8.53. The molecular formula is C29H30O5. The van der Waals surface area contributed by atoms with Gasteiger partial charge in [0.25, 0.3) is 0 Å². The third-order valence-corrected chi connectivity index (χ3v) is 5.97. The highest BCUT2D eigenvalue weighted by atomic mass is 16.5. The minimum absolute atomic E-state index is 0.138. The van der Waals surface area contributed by atoms with E-state index in [2.05, 4.69) is 24.3 Å². The fourth-order valence-corrected chi connectivity index (χ4v) is 4.10. The molecule has 5 heteroatoms. The van der Waals surface area contributed by atoms with Crippen molar-refractivity contribution in [1.29, 1.82) is 0 Å². The molecule has 1 aliphatic carbocycles. The van der Waals surface area contributed by atoms with Gasteiger partial charge in [0.15, 0.2) is 11.6 Å². The number of fused-ring (bicyclic) bond motifs is 1. The Morgan fingerprint density at radius 2 is 1.94 bits per heavy atom. The smallest absolute Gasteiger partial charge is 0.163 e. The van der Waals surface area contributed by atoms with Crippen molar-refractivity contribution in [2.45, 2.75) is 38.2 Å². The summed E-state index contributed by atoms with van der Waals surface area (Å²) in [6.07, 6.45) is 14.7. The summed E-state index contributed by atoms with van der Waals surface area (Å²) in [6, 6.07) is 11.6. The maximum Gasteiger partial charge on any atom is 0.163 e. The van der Waals surface area contributed by atoms with Gasteiger partial charge >= 0.3 is 0 Å². The molecule has 1 heterocycles. The number of aryl methyl sites for hydroxylation is 1. The van der Waals surface area contributed by atoms with E-state index in [1.165, 1.54) is 23.3 Å². The molecule has 34 heavy (non-hydrogen) atoms. The first kappa shape index (κ1) is 23.7. The van der Waals surface area contributed by atoms with Crippen molar-refractivity contribution in [3.05, 3.63) is 76.9 Å². The van der Waals surface area contributed by atoms with E-state index in [9.17, 15) is 9.59 Å². The first-order valence-electron chi connectivity index (χ1n) is 11.7. The lowest BCUT2D eigenvalue weighted by molar-refractivity contribution is -0.121. The topological polar surface area (TPSA) is 61.8 Å². The van der Waals surface area contributed by atoms with Crippen molar-refractivity contribution in [1.82, 2.24) is 0 Å². The molecule has 1 aliphatic heterocycles. The molecule has 2 aliphatic rings. The predicted molar refractivity (Wildman–Crippen MR) is 134 cm³/mol. The standard InChI is InChI=1S/C29H30O5/c1-32-29-19-27(34-20-28-7-4-16-33-28)15-12-23(29)11-14-26(31)18-25(30)13-9-21-8-10-22-5-2-3-6-24(22)17-21/h2,5,8-15,17,19,28H,3-4,6-7,16,18,20H2,1H3/b13-9+,14-11+. The lowest BCUT2D eigenvalue weighted by Crippen LogP contribution is -2.16. The van der Waals surface area contributed by atoms with E-state index in [0.717, 1.165) is 43.4 Å². The molecule has 1 saturated heterocycles. The number of methoxy groups -OCH3 is 1. The van der Waals surface area contributed by atoms with Gasteiger partial charge in [-0.3, -0.25) is 9.59 Å². The van der Waals surface area contributed by atoms with Crippen LogP contribution in [0.3, 0.4) is 0 Å². The lowest BCUT2D eigenvalue weighted by atomic mass is 9.95. The predicted octanol–water partition coefficient (Wildman–Crippen LogP) is 5.47. The Hall–Kier alpha value is -3.44. The van der Waals surface area contributed by atoms with Crippen molar-refractivity contribution in [2.24, 2.45) is 0 Å². The highest BCUT2D eigenvalue weighted by molar-refractivity contribution is 6.11. The molecule has 1 atom stereocenters. The van der Waals surface area contributed by atoms with Crippen molar-refractivity contribution in [3.63, 3.8) is 0 Å². The first-order chi connectivity index (χ1) is 16.6. The van der Waals surface area contributed by atoms with Crippen molar-refractivity contribution in [2.75, 3.05) is 20.3 Å². The van der Waals surface area contributed by atoms with Crippen LogP contribution in [0.2, 0.25) is 0 Å². The van der Waals surface area contributed by atoms with Gasteiger partial charge in [-0.05, 0) is 72.7 Å². The Balaban J connectivity index is 1.30. The van der Waals surface area contributed by atoms with E-state index in [0.29, 0.717) is 18.1 Å². The largest absolute Gasteiger partial charge is 0.496 e. The molecule has 0 bridgehead atoms. The quantitative estimate of drug-likeness (QED) is 0.349. The maximum absolute atomic E-state index is 12.3. The number of benzene rings is 2. The van der Waals surface area contributed by atoms with Crippen LogP contribution in [0.1, 0.15) is 47.9 Å². The van der Waals surface area contributed by atoms with Crippen LogP contribution in [0, 0.1) is 0 Å². The molecule has 0 amide bonds. The third-order valence-electron chi connectivity index (χ3n) is 5.97. The van der Waals surface area contributed by atoms with Gasteiger partial charge in [0, 0.05) is 18.2 Å². The molecule has 0 aromatic heterocycles. The Kier molecular flexibility index (Phi) is 8.10. The van der Waals surface area contributed by atoms with E-state index >= 15 is 0 Å². The lowest BCUT2D eigenvalue weighted by Gasteiger charge is -2.13. The van der Waals surface area contributed by atoms with Gasteiger partial charge in [-0.2, -0.15) is 0 Å². The summed E-state index contributed by atoms with van der Waals surface area (Å²) < 4.78 is 16.8. The Labute approximate surface area is 200 Å². The second kappa shape index (κ2) is 11.6. The minimum Gasteiger partial charge on any atom is -0.496 e. The molecule has 4 rings (SSSR count). The molecule has 0 saturated carbocycles. The summed E-state index contributed by atoms with van der Waals surface area (Å²) in [7, 11) is 1.57. The summed E-state index contributed by atoms with van der Waals surface area (Å²) in [5.74, 6) is 0.805. The zero-order chi connectivity index (χ0) is 23.8. The van der Waals surface area contributed by atoms with Gasteiger partial charge < -0.3 is 14.2 Å². The molecule has 1 unspecified atom stereocenters. The highest BCUT2D eigenvalue weighted by Crippen LogP contribution is 2.27. The number of hydrogen-bond donors (Lipinski definition) is 0. The van der Waals surface area contributed by atoms with Crippen LogP contribution in [0.15, 0.2) is 54.6 Å². The number of ether oxygens (including phenoxy) is 3. The molecule has 0 spiro atoms. The Morgan fingerprint density at radius 1 is 1.09 bits per heavy atom. The number of carbonyl (C=O) groups excluding carboxylic acids is 2. The van der Waals surface area contributed by atoms with Crippen LogP contribution >= 0.6 is 0 Å². The van der Waals surface area contributed by atoms with Crippen LogP contribution in [-0.2, 0) is 20.7 Å². The van der Waals surface area contributed by atoms with Crippen LogP contribution < -0.4 is 9.47 Å². The van der Waals surface area contributed by atoms with Crippen LogP contribution in [0.5, 0.6) is 11.5 Å².